The van der Waals surface area contributed by atoms with Gasteiger partial charge in [0, 0.05) is 6.54 Å². The minimum Gasteiger partial charge on any atom is -0.480 e. The van der Waals surface area contributed by atoms with Gasteiger partial charge in [0.15, 0.2) is 5.76 Å². The average Bonchev–Trinajstić information content (AvgIpc) is 2.97. The van der Waals surface area contributed by atoms with Gasteiger partial charge in [-0.25, -0.2) is 17.9 Å². The number of carbonyl (C=O) groups excluding carboxylic acids is 1. The Bertz CT molecular complexity index is 650. The van der Waals surface area contributed by atoms with E-state index in [2.05, 4.69) is 4.72 Å². The van der Waals surface area contributed by atoms with E-state index in [0.717, 1.165) is 6.42 Å². The van der Waals surface area contributed by atoms with Crippen LogP contribution in [0.4, 0.5) is 0 Å². The van der Waals surface area contributed by atoms with Gasteiger partial charge in [0.25, 0.3) is 15.9 Å². The van der Waals surface area contributed by atoms with Crippen LogP contribution >= 0.6 is 0 Å². The van der Waals surface area contributed by atoms with Gasteiger partial charge < -0.3 is 14.4 Å². The van der Waals surface area contributed by atoms with E-state index in [0.29, 0.717) is 19.4 Å². The number of carbonyl (C=O) groups is 2. The van der Waals surface area contributed by atoms with Crippen molar-refractivity contribution in [1.82, 2.24) is 9.62 Å². The maximum absolute atomic E-state index is 12.3. The van der Waals surface area contributed by atoms with E-state index in [9.17, 15) is 18.0 Å². The Morgan fingerprint density at radius 3 is 2.71 bits per heavy atom. The lowest BCUT2D eigenvalue weighted by molar-refractivity contribution is -0.143. The highest BCUT2D eigenvalue weighted by molar-refractivity contribution is 7.89. The number of nitrogens with one attached hydrogen (secondary N) is 1. The summed E-state index contributed by atoms with van der Waals surface area (Å²) >= 11 is 0. The van der Waals surface area contributed by atoms with E-state index in [1.54, 1.807) is 0 Å². The average molecular weight is 316 g/mol. The molecule has 1 aliphatic rings. The third-order valence-corrected chi connectivity index (χ3v) is 4.66. The Labute approximate surface area is 121 Å². The summed E-state index contributed by atoms with van der Waals surface area (Å²) < 4.78 is 30.2. The third-order valence-electron chi connectivity index (χ3n) is 3.37. The molecular formula is C12H16N2O6S. The molecule has 1 saturated heterocycles. The smallest absolute Gasteiger partial charge is 0.326 e. The predicted octanol–water partition coefficient (Wildman–Crippen LogP) is 0.267. The summed E-state index contributed by atoms with van der Waals surface area (Å²) in [5, 5.41) is 8.77. The second-order valence-electron chi connectivity index (χ2n) is 4.67. The number of nitrogens with zero attached hydrogens (tertiary/aromatic N) is 1. The first-order valence-corrected chi connectivity index (χ1v) is 7.92. The van der Waals surface area contributed by atoms with Crippen LogP contribution in [0.3, 0.4) is 0 Å². The number of rotatable bonds is 4. The van der Waals surface area contributed by atoms with Crippen molar-refractivity contribution in [3.05, 3.63) is 17.9 Å². The Balaban J connectivity index is 2.25. The maximum atomic E-state index is 12.3. The van der Waals surface area contributed by atoms with Gasteiger partial charge in [-0.2, -0.15) is 0 Å². The van der Waals surface area contributed by atoms with E-state index >= 15 is 0 Å². The zero-order valence-corrected chi connectivity index (χ0v) is 12.2. The lowest BCUT2D eigenvalue weighted by Gasteiger charge is -2.32. The zero-order chi connectivity index (χ0) is 15.6. The molecule has 0 unspecified atom stereocenters. The summed E-state index contributed by atoms with van der Waals surface area (Å²) in [5.74, 6) is -1.87. The number of furan rings is 1. The Morgan fingerprint density at radius 1 is 1.38 bits per heavy atom. The molecule has 1 atom stereocenters. The highest BCUT2D eigenvalue weighted by atomic mass is 32.2. The van der Waals surface area contributed by atoms with Crippen LogP contribution in [0.5, 0.6) is 0 Å². The summed E-state index contributed by atoms with van der Waals surface area (Å²) in [6.07, 6.45) is 1.82. The molecule has 8 nitrogen and oxygen atoms in total. The molecule has 0 aliphatic carbocycles. The third kappa shape index (κ3) is 3.08. The molecule has 1 fully saturated rings. The first-order chi connectivity index (χ1) is 9.86. The molecular weight excluding hydrogens is 300 g/mol. The molecule has 0 aromatic carbocycles. The molecule has 1 aliphatic heterocycles. The minimum absolute atomic E-state index is 0.183. The second kappa shape index (κ2) is 5.86. The van der Waals surface area contributed by atoms with Gasteiger partial charge in [0.05, 0.1) is 0 Å². The first-order valence-electron chi connectivity index (χ1n) is 6.44. The standard InChI is InChI=1S/C12H16N2O6S/c1-13-21(18,19)10-6-5-9(20-10)11(15)14-7-3-2-4-8(14)12(16)17/h5-6,8,13H,2-4,7H2,1H3,(H,16,17)/t8-/m0/s1. The van der Waals surface area contributed by atoms with Crippen LogP contribution < -0.4 is 4.72 Å². The Morgan fingerprint density at radius 2 is 2.10 bits per heavy atom. The van der Waals surface area contributed by atoms with Crippen molar-refractivity contribution in [2.24, 2.45) is 0 Å². The van der Waals surface area contributed by atoms with Gasteiger partial charge in [0.1, 0.15) is 6.04 Å². The molecule has 1 amide bonds. The largest absolute Gasteiger partial charge is 0.480 e. The Hall–Kier alpha value is -1.87. The van der Waals surface area contributed by atoms with E-state index in [1.807, 2.05) is 0 Å². The van der Waals surface area contributed by atoms with Crippen LogP contribution in [-0.2, 0) is 14.8 Å². The van der Waals surface area contributed by atoms with Crippen LogP contribution in [0, 0.1) is 0 Å². The van der Waals surface area contributed by atoms with E-state index in [-0.39, 0.29) is 10.9 Å². The van der Waals surface area contributed by atoms with Crippen LogP contribution in [0.1, 0.15) is 29.8 Å². The summed E-state index contributed by atoms with van der Waals surface area (Å²) in [6.45, 7) is 0.310. The van der Waals surface area contributed by atoms with Crippen molar-refractivity contribution in [2.75, 3.05) is 13.6 Å². The quantitative estimate of drug-likeness (QED) is 0.823. The SMILES string of the molecule is CNS(=O)(=O)c1ccc(C(=O)N2CCCC[C@H]2C(=O)O)o1. The number of amides is 1. The van der Waals surface area contributed by atoms with Crippen molar-refractivity contribution in [1.29, 1.82) is 0 Å². The molecule has 1 aromatic heterocycles. The fourth-order valence-corrected chi connectivity index (χ4v) is 2.90. The number of likely N-dealkylation sites (tertiary alicyclic amines) is 1. The molecule has 0 radical (unpaired) electrons. The number of hydrogen-bond donors (Lipinski definition) is 2. The second-order valence-corrected chi connectivity index (χ2v) is 6.49. The van der Waals surface area contributed by atoms with Crippen molar-refractivity contribution < 1.29 is 27.5 Å². The van der Waals surface area contributed by atoms with E-state index in [4.69, 9.17) is 9.52 Å². The first kappa shape index (κ1) is 15.5. The molecule has 0 bridgehead atoms. The number of carboxylic acids is 1. The molecule has 21 heavy (non-hydrogen) atoms. The van der Waals surface area contributed by atoms with Gasteiger partial charge in [-0.1, -0.05) is 0 Å². The van der Waals surface area contributed by atoms with Crippen LogP contribution in [0.25, 0.3) is 0 Å². The van der Waals surface area contributed by atoms with Gasteiger partial charge in [-0.3, -0.25) is 4.79 Å². The molecule has 0 saturated carbocycles. The van der Waals surface area contributed by atoms with Gasteiger partial charge >= 0.3 is 5.97 Å². The van der Waals surface area contributed by atoms with Crippen molar-refractivity contribution in [3.8, 4) is 0 Å². The normalized spacial score (nSPS) is 19.5. The van der Waals surface area contributed by atoms with Gasteiger partial charge in [-0.05, 0) is 38.4 Å². The highest BCUT2D eigenvalue weighted by Crippen LogP contribution is 2.22. The molecule has 2 N–H and O–H groups in total. The highest BCUT2D eigenvalue weighted by Gasteiger charge is 2.34. The zero-order valence-electron chi connectivity index (χ0n) is 11.4. The lowest BCUT2D eigenvalue weighted by atomic mass is 10.0. The van der Waals surface area contributed by atoms with Gasteiger partial charge in [0.2, 0.25) is 5.09 Å². The van der Waals surface area contributed by atoms with Crippen molar-refractivity contribution in [3.63, 3.8) is 0 Å². The summed E-state index contributed by atoms with van der Waals surface area (Å²) in [6, 6.07) is 1.50. The van der Waals surface area contributed by atoms with Crippen LogP contribution in [-0.4, -0.2) is 49.9 Å². The molecule has 9 heteroatoms. The molecule has 1 aromatic rings. The molecule has 2 rings (SSSR count). The minimum atomic E-state index is -3.78. The number of sulfonamides is 1. The van der Waals surface area contributed by atoms with Gasteiger partial charge in [-0.15, -0.1) is 0 Å². The summed E-state index contributed by atoms with van der Waals surface area (Å²) in [5.41, 5.74) is 0. The van der Waals surface area contributed by atoms with Crippen molar-refractivity contribution >= 4 is 21.9 Å². The predicted molar refractivity (Wildman–Crippen MR) is 71.3 cm³/mol. The number of aliphatic carboxylic acids is 1. The van der Waals surface area contributed by atoms with E-state index in [1.165, 1.54) is 24.1 Å². The fraction of sp³-hybridized carbons (Fsp3) is 0.500. The van der Waals surface area contributed by atoms with Crippen LogP contribution in [0.15, 0.2) is 21.6 Å². The number of piperidine rings is 1. The molecule has 0 spiro atoms. The topological polar surface area (TPSA) is 117 Å². The van der Waals surface area contributed by atoms with E-state index < -0.39 is 27.9 Å². The number of hydrogen-bond acceptors (Lipinski definition) is 5. The van der Waals surface area contributed by atoms with Crippen molar-refractivity contribution in [2.45, 2.75) is 30.4 Å². The summed E-state index contributed by atoms with van der Waals surface area (Å²) in [4.78, 5) is 24.7. The fourth-order valence-electron chi connectivity index (χ4n) is 2.25. The number of carboxylic acid groups (broad SMARTS) is 1. The maximum Gasteiger partial charge on any atom is 0.326 e. The van der Waals surface area contributed by atoms with Crippen LogP contribution in [0.2, 0.25) is 0 Å². The summed E-state index contributed by atoms with van der Waals surface area (Å²) in [7, 11) is -2.55. The Kier molecular flexibility index (Phi) is 4.33. The lowest BCUT2D eigenvalue weighted by Crippen LogP contribution is -2.47. The molecule has 2 heterocycles. The molecule has 116 valence electrons. The monoisotopic (exact) mass is 316 g/mol.